The van der Waals surface area contributed by atoms with E-state index in [-0.39, 0.29) is 0 Å². The molecule has 1 unspecified atom stereocenters. The molecular formula is C8H11NO2. The number of allylic oxidation sites excluding steroid dienone is 3. The molecule has 0 saturated carbocycles. The van der Waals surface area contributed by atoms with Crippen LogP contribution in [0.5, 0.6) is 0 Å². The SMILES string of the molecule is NC1=CC=C2OCOCC2C1. The maximum absolute atomic E-state index is 5.65. The van der Waals surface area contributed by atoms with E-state index in [9.17, 15) is 0 Å². The largest absolute Gasteiger partial charge is 0.472 e. The van der Waals surface area contributed by atoms with Crippen molar-refractivity contribution in [3.63, 3.8) is 0 Å². The van der Waals surface area contributed by atoms with Crippen LogP contribution in [-0.2, 0) is 9.47 Å². The van der Waals surface area contributed by atoms with Gasteiger partial charge in [0, 0.05) is 11.6 Å². The standard InChI is InChI=1S/C8H11NO2/c9-7-1-2-8-6(3-7)4-10-5-11-8/h1-2,6H,3-5,9H2. The third kappa shape index (κ3) is 1.24. The number of nitrogens with two attached hydrogens (primary N) is 1. The lowest BCUT2D eigenvalue weighted by molar-refractivity contribution is -0.0863. The summed E-state index contributed by atoms with van der Waals surface area (Å²) in [5.74, 6) is 1.37. The molecule has 0 radical (unpaired) electrons. The Hall–Kier alpha value is -0.960. The van der Waals surface area contributed by atoms with Crippen molar-refractivity contribution in [1.29, 1.82) is 0 Å². The Morgan fingerprint density at radius 1 is 1.45 bits per heavy atom. The van der Waals surface area contributed by atoms with Gasteiger partial charge < -0.3 is 15.2 Å². The molecule has 3 nitrogen and oxygen atoms in total. The van der Waals surface area contributed by atoms with Crippen LogP contribution in [0.4, 0.5) is 0 Å². The Bertz CT molecular complexity index is 220. The van der Waals surface area contributed by atoms with E-state index >= 15 is 0 Å². The van der Waals surface area contributed by atoms with Crippen LogP contribution in [0.3, 0.4) is 0 Å². The average Bonchev–Trinajstić information content (AvgIpc) is 2.04. The van der Waals surface area contributed by atoms with Crippen molar-refractivity contribution >= 4 is 0 Å². The van der Waals surface area contributed by atoms with E-state index in [1.54, 1.807) is 0 Å². The molecule has 1 aliphatic heterocycles. The second kappa shape index (κ2) is 2.58. The number of hydrogen-bond acceptors (Lipinski definition) is 3. The van der Waals surface area contributed by atoms with Gasteiger partial charge in [-0.25, -0.2) is 0 Å². The summed E-state index contributed by atoms with van der Waals surface area (Å²) in [6.07, 6.45) is 4.70. The quantitative estimate of drug-likeness (QED) is 0.558. The van der Waals surface area contributed by atoms with Crippen molar-refractivity contribution in [2.24, 2.45) is 11.7 Å². The van der Waals surface area contributed by atoms with Crippen LogP contribution in [-0.4, -0.2) is 13.4 Å². The van der Waals surface area contributed by atoms with E-state index in [1.807, 2.05) is 12.2 Å². The van der Waals surface area contributed by atoms with Gasteiger partial charge in [0.25, 0.3) is 0 Å². The fourth-order valence-electron chi connectivity index (χ4n) is 1.39. The fraction of sp³-hybridized carbons (Fsp3) is 0.500. The summed E-state index contributed by atoms with van der Waals surface area (Å²) in [6.45, 7) is 1.12. The molecule has 3 heteroatoms. The summed E-state index contributed by atoms with van der Waals surface area (Å²) in [4.78, 5) is 0. The van der Waals surface area contributed by atoms with Crippen molar-refractivity contribution in [3.05, 3.63) is 23.6 Å². The van der Waals surface area contributed by atoms with E-state index in [4.69, 9.17) is 15.2 Å². The minimum absolute atomic E-state index is 0.355. The molecule has 0 aromatic rings. The van der Waals surface area contributed by atoms with Crippen LogP contribution in [0.2, 0.25) is 0 Å². The lowest BCUT2D eigenvalue weighted by atomic mass is 9.97. The maximum atomic E-state index is 5.65. The maximum Gasteiger partial charge on any atom is 0.188 e. The van der Waals surface area contributed by atoms with Crippen molar-refractivity contribution in [2.75, 3.05) is 13.4 Å². The molecule has 0 aromatic carbocycles. The zero-order valence-corrected chi connectivity index (χ0v) is 6.25. The van der Waals surface area contributed by atoms with Crippen molar-refractivity contribution in [3.8, 4) is 0 Å². The van der Waals surface area contributed by atoms with E-state index in [2.05, 4.69) is 0 Å². The number of fused-ring (bicyclic) bond motifs is 1. The van der Waals surface area contributed by atoms with Gasteiger partial charge in [0.1, 0.15) is 5.76 Å². The monoisotopic (exact) mass is 153 g/mol. The smallest absolute Gasteiger partial charge is 0.188 e. The molecule has 0 aromatic heterocycles. The van der Waals surface area contributed by atoms with Crippen LogP contribution < -0.4 is 5.73 Å². The Labute approximate surface area is 65.5 Å². The summed E-state index contributed by atoms with van der Waals surface area (Å²) in [7, 11) is 0. The third-order valence-electron chi connectivity index (χ3n) is 1.97. The lowest BCUT2D eigenvalue weighted by Gasteiger charge is -2.27. The topological polar surface area (TPSA) is 44.5 Å². The zero-order chi connectivity index (χ0) is 7.68. The predicted octanol–water partition coefficient (Wildman–Crippen LogP) is 0.737. The number of ether oxygens (including phenoxy) is 2. The molecule has 1 fully saturated rings. The molecular weight excluding hydrogens is 142 g/mol. The zero-order valence-electron chi connectivity index (χ0n) is 6.25. The molecule has 1 aliphatic carbocycles. The van der Waals surface area contributed by atoms with Crippen LogP contribution in [0.15, 0.2) is 23.6 Å². The van der Waals surface area contributed by atoms with Crippen molar-refractivity contribution in [1.82, 2.24) is 0 Å². The molecule has 0 bridgehead atoms. The molecule has 0 spiro atoms. The van der Waals surface area contributed by atoms with Gasteiger partial charge >= 0.3 is 0 Å². The third-order valence-corrected chi connectivity index (χ3v) is 1.97. The second-order valence-corrected chi connectivity index (χ2v) is 2.84. The van der Waals surface area contributed by atoms with Gasteiger partial charge in [0.05, 0.1) is 6.61 Å². The van der Waals surface area contributed by atoms with Gasteiger partial charge in [-0.15, -0.1) is 0 Å². The van der Waals surface area contributed by atoms with Crippen LogP contribution in [0, 0.1) is 5.92 Å². The van der Waals surface area contributed by atoms with Gasteiger partial charge in [-0.2, -0.15) is 0 Å². The lowest BCUT2D eigenvalue weighted by Crippen LogP contribution is -2.25. The minimum Gasteiger partial charge on any atom is -0.472 e. The van der Waals surface area contributed by atoms with Gasteiger partial charge in [0.15, 0.2) is 6.79 Å². The first-order valence-corrected chi connectivity index (χ1v) is 3.73. The fourth-order valence-corrected chi connectivity index (χ4v) is 1.39. The normalized spacial score (nSPS) is 29.6. The molecule has 11 heavy (non-hydrogen) atoms. The van der Waals surface area contributed by atoms with Gasteiger partial charge in [-0.1, -0.05) is 0 Å². The Morgan fingerprint density at radius 3 is 3.27 bits per heavy atom. The first kappa shape index (κ1) is 6.73. The van der Waals surface area contributed by atoms with Crippen molar-refractivity contribution in [2.45, 2.75) is 6.42 Å². The Morgan fingerprint density at radius 2 is 2.36 bits per heavy atom. The summed E-state index contributed by atoms with van der Waals surface area (Å²) in [6, 6.07) is 0. The van der Waals surface area contributed by atoms with Crippen LogP contribution in [0.25, 0.3) is 0 Å². The first-order chi connectivity index (χ1) is 5.36. The predicted molar refractivity (Wildman–Crippen MR) is 40.4 cm³/mol. The van der Waals surface area contributed by atoms with Gasteiger partial charge in [-0.3, -0.25) is 0 Å². The highest BCUT2D eigenvalue weighted by Gasteiger charge is 2.23. The summed E-state index contributed by atoms with van der Waals surface area (Å²) < 4.78 is 10.4. The molecule has 2 N–H and O–H groups in total. The summed E-state index contributed by atoms with van der Waals surface area (Å²) in [5.41, 5.74) is 6.56. The van der Waals surface area contributed by atoms with Gasteiger partial charge in [0.2, 0.25) is 0 Å². The molecule has 1 saturated heterocycles. The van der Waals surface area contributed by atoms with Crippen LogP contribution in [0.1, 0.15) is 6.42 Å². The molecule has 0 amide bonds. The van der Waals surface area contributed by atoms with E-state index < -0.39 is 0 Å². The Balaban J connectivity index is 2.16. The molecule has 1 atom stereocenters. The average molecular weight is 153 g/mol. The molecule has 60 valence electrons. The van der Waals surface area contributed by atoms with E-state index in [0.717, 1.165) is 24.5 Å². The minimum atomic E-state index is 0.355. The summed E-state index contributed by atoms with van der Waals surface area (Å²) >= 11 is 0. The van der Waals surface area contributed by atoms with Crippen molar-refractivity contribution < 1.29 is 9.47 Å². The number of hydrogen-bond donors (Lipinski definition) is 1. The Kier molecular flexibility index (Phi) is 1.58. The highest BCUT2D eigenvalue weighted by Crippen LogP contribution is 2.26. The summed E-state index contributed by atoms with van der Waals surface area (Å²) in [5, 5.41) is 0. The molecule has 1 heterocycles. The second-order valence-electron chi connectivity index (χ2n) is 2.84. The first-order valence-electron chi connectivity index (χ1n) is 3.73. The molecule has 2 aliphatic rings. The van der Waals surface area contributed by atoms with Gasteiger partial charge in [-0.05, 0) is 18.6 Å². The molecule has 2 rings (SSSR count). The van der Waals surface area contributed by atoms with E-state index in [1.165, 1.54) is 0 Å². The highest BCUT2D eigenvalue weighted by molar-refractivity contribution is 5.22. The van der Waals surface area contributed by atoms with Crippen LogP contribution >= 0.6 is 0 Å². The highest BCUT2D eigenvalue weighted by atomic mass is 16.7. The van der Waals surface area contributed by atoms with E-state index in [0.29, 0.717) is 12.7 Å². The number of rotatable bonds is 0.